The van der Waals surface area contributed by atoms with Crippen molar-refractivity contribution in [1.82, 2.24) is 9.97 Å². The van der Waals surface area contributed by atoms with Crippen molar-refractivity contribution in [3.05, 3.63) is 5.82 Å². The Balaban J connectivity index is 2.06. The van der Waals surface area contributed by atoms with Gasteiger partial charge in [-0.05, 0) is 26.7 Å². The van der Waals surface area contributed by atoms with E-state index in [4.69, 9.17) is 16.2 Å². The van der Waals surface area contributed by atoms with Gasteiger partial charge >= 0.3 is 5.97 Å². The van der Waals surface area contributed by atoms with Gasteiger partial charge in [-0.25, -0.2) is 9.97 Å². The van der Waals surface area contributed by atoms with Gasteiger partial charge in [0.2, 0.25) is 0 Å². The number of anilines is 3. The molecule has 0 radical (unpaired) electrons. The number of rotatable bonds is 3. The molecule has 110 valence electrons. The summed E-state index contributed by atoms with van der Waals surface area (Å²) in [5, 5.41) is 0. The quantitative estimate of drug-likeness (QED) is 0.785. The first kappa shape index (κ1) is 14.4. The van der Waals surface area contributed by atoms with Crippen LogP contribution in [0.4, 0.5) is 17.3 Å². The van der Waals surface area contributed by atoms with Crippen molar-refractivity contribution in [2.24, 2.45) is 5.92 Å². The van der Waals surface area contributed by atoms with Crippen molar-refractivity contribution in [3.8, 4) is 0 Å². The summed E-state index contributed by atoms with van der Waals surface area (Å²) in [6.45, 7) is 5.39. The molecule has 20 heavy (non-hydrogen) atoms. The van der Waals surface area contributed by atoms with Gasteiger partial charge in [-0.15, -0.1) is 0 Å². The van der Waals surface area contributed by atoms with Gasteiger partial charge < -0.3 is 21.1 Å². The van der Waals surface area contributed by atoms with Crippen LogP contribution in [0, 0.1) is 12.8 Å². The smallest absolute Gasteiger partial charge is 0.309 e. The van der Waals surface area contributed by atoms with E-state index >= 15 is 0 Å². The van der Waals surface area contributed by atoms with Crippen molar-refractivity contribution in [2.75, 3.05) is 36.1 Å². The molecule has 1 saturated heterocycles. The van der Waals surface area contributed by atoms with Gasteiger partial charge in [-0.1, -0.05) is 0 Å². The highest BCUT2D eigenvalue weighted by Gasteiger charge is 2.28. The summed E-state index contributed by atoms with van der Waals surface area (Å²) in [6, 6.07) is 0. The summed E-state index contributed by atoms with van der Waals surface area (Å²) in [7, 11) is 0. The van der Waals surface area contributed by atoms with Crippen LogP contribution < -0.4 is 16.4 Å². The highest BCUT2D eigenvalue weighted by atomic mass is 16.5. The van der Waals surface area contributed by atoms with Crippen molar-refractivity contribution >= 4 is 23.3 Å². The van der Waals surface area contributed by atoms with E-state index in [1.165, 1.54) is 0 Å². The lowest BCUT2D eigenvalue weighted by Crippen LogP contribution is -2.38. The Hall–Kier alpha value is -2.05. The number of carbonyl (C=O) groups excluding carboxylic acids is 1. The maximum atomic E-state index is 11.7. The van der Waals surface area contributed by atoms with Gasteiger partial charge in [-0.2, -0.15) is 0 Å². The van der Waals surface area contributed by atoms with E-state index in [0.717, 1.165) is 12.8 Å². The molecule has 1 aromatic heterocycles. The minimum Gasteiger partial charge on any atom is -0.466 e. The van der Waals surface area contributed by atoms with E-state index in [1.807, 2.05) is 11.8 Å². The van der Waals surface area contributed by atoms with Gasteiger partial charge in [0, 0.05) is 13.1 Å². The third-order valence-corrected chi connectivity index (χ3v) is 3.48. The number of ether oxygens (including phenoxy) is 1. The number of nitrogens with two attached hydrogens (primary N) is 2. The molecule has 0 spiro atoms. The van der Waals surface area contributed by atoms with E-state index < -0.39 is 0 Å². The average molecular weight is 279 g/mol. The number of hydrogen-bond acceptors (Lipinski definition) is 7. The number of nitrogen functional groups attached to an aromatic ring is 2. The molecule has 0 amide bonds. The molecular weight excluding hydrogens is 258 g/mol. The SMILES string of the molecule is CCOC(=O)C1CCN(c2c(N)nc(C)nc2N)CC1. The Bertz CT molecular complexity index is 475. The van der Waals surface area contributed by atoms with Crippen molar-refractivity contribution < 1.29 is 9.53 Å². The maximum absolute atomic E-state index is 11.7. The standard InChI is InChI=1S/C13H21N5O2/c1-3-20-13(19)9-4-6-18(7-5-9)10-11(14)16-8(2)17-12(10)15/h9H,3-7H2,1-2H3,(H4,14,15,16,17). The van der Waals surface area contributed by atoms with Gasteiger partial charge in [0.05, 0.1) is 12.5 Å². The van der Waals surface area contributed by atoms with Crippen LogP contribution in [-0.2, 0) is 9.53 Å². The number of esters is 1. The van der Waals surface area contributed by atoms with E-state index in [1.54, 1.807) is 6.92 Å². The summed E-state index contributed by atoms with van der Waals surface area (Å²) in [6.07, 6.45) is 1.46. The summed E-state index contributed by atoms with van der Waals surface area (Å²) >= 11 is 0. The largest absolute Gasteiger partial charge is 0.466 e. The minimum atomic E-state index is -0.117. The van der Waals surface area contributed by atoms with Crippen molar-refractivity contribution in [1.29, 1.82) is 0 Å². The fraction of sp³-hybridized carbons (Fsp3) is 0.615. The Morgan fingerprint density at radius 3 is 2.35 bits per heavy atom. The highest BCUT2D eigenvalue weighted by Crippen LogP contribution is 2.31. The lowest BCUT2D eigenvalue weighted by Gasteiger charge is -2.33. The molecule has 0 saturated carbocycles. The van der Waals surface area contributed by atoms with Crippen LogP contribution in [0.5, 0.6) is 0 Å². The molecule has 1 fully saturated rings. The predicted molar refractivity (Wildman–Crippen MR) is 77.2 cm³/mol. The Labute approximate surface area is 118 Å². The second-order valence-electron chi connectivity index (χ2n) is 4.90. The number of aryl methyl sites for hydroxylation is 1. The minimum absolute atomic E-state index is 0.0417. The van der Waals surface area contributed by atoms with Gasteiger partial charge in [-0.3, -0.25) is 4.79 Å². The molecule has 1 aromatic rings. The molecule has 0 atom stereocenters. The molecule has 0 aliphatic carbocycles. The summed E-state index contributed by atoms with van der Waals surface area (Å²) in [5.41, 5.74) is 12.5. The Morgan fingerprint density at radius 2 is 1.85 bits per heavy atom. The molecular formula is C13H21N5O2. The zero-order chi connectivity index (χ0) is 14.7. The van der Waals surface area contributed by atoms with E-state index in [0.29, 0.717) is 42.8 Å². The monoisotopic (exact) mass is 279 g/mol. The normalized spacial score (nSPS) is 16.2. The van der Waals surface area contributed by atoms with Crippen LogP contribution >= 0.6 is 0 Å². The van der Waals surface area contributed by atoms with Crippen LogP contribution in [0.25, 0.3) is 0 Å². The molecule has 4 N–H and O–H groups in total. The van der Waals surface area contributed by atoms with Crippen LogP contribution in [0.3, 0.4) is 0 Å². The zero-order valence-corrected chi connectivity index (χ0v) is 11.9. The van der Waals surface area contributed by atoms with E-state index in [9.17, 15) is 4.79 Å². The molecule has 0 unspecified atom stereocenters. The zero-order valence-electron chi connectivity index (χ0n) is 11.9. The fourth-order valence-electron chi connectivity index (χ4n) is 2.53. The molecule has 2 rings (SSSR count). The number of nitrogens with zero attached hydrogens (tertiary/aromatic N) is 3. The Morgan fingerprint density at radius 1 is 1.30 bits per heavy atom. The summed E-state index contributed by atoms with van der Waals surface area (Å²) in [4.78, 5) is 22.0. The van der Waals surface area contributed by atoms with E-state index in [-0.39, 0.29) is 11.9 Å². The number of aromatic nitrogens is 2. The van der Waals surface area contributed by atoms with Crippen LogP contribution in [-0.4, -0.2) is 35.6 Å². The van der Waals surface area contributed by atoms with Gasteiger partial charge in [0.15, 0.2) is 11.6 Å². The number of hydrogen-bond donors (Lipinski definition) is 2. The van der Waals surface area contributed by atoms with Crippen LogP contribution in [0.15, 0.2) is 0 Å². The van der Waals surface area contributed by atoms with Gasteiger partial charge in [0.25, 0.3) is 0 Å². The first-order valence-corrected chi connectivity index (χ1v) is 6.84. The lowest BCUT2D eigenvalue weighted by molar-refractivity contribution is -0.148. The fourth-order valence-corrected chi connectivity index (χ4v) is 2.53. The topological polar surface area (TPSA) is 107 Å². The molecule has 7 nitrogen and oxygen atoms in total. The molecule has 0 bridgehead atoms. The maximum Gasteiger partial charge on any atom is 0.309 e. The average Bonchev–Trinajstić information content (AvgIpc) is 2.38. The molecule has 1 aliphatic heterocycles. The van der Waals surface area contributed by atoms with Crippen molar-refractivity contribution in [2.45, 2.75) is 26.7 Å². The Kier molecular flexibility index (Phi) is 4.26. The summed E-state index contributed by atoms with van der Waals surface area (Å²) in [5.74, 6) is 1.19. The second kappa shape index (κ2) is 5.94. The van der Waals surface area contributed by atoms with Crippen LogP contribution in [0.1, 0.15) is 25.6 Å². The molecule has 2 heterocycles. The summed E-state index contributed by atoms with van der Waals surface area (Å²) < 4.78 is 5.05. The molecule has 1 aliphatic rings. The third-order valence-electron chi connectivity index (χ3n) is 3.48. The molecule has 7 heteroatoms. The number of piperidine rings is 1. The molecule has 0 aromatic carbocycles. The lowest BCUT2D eigenvalue weighted by atomic mass is 9.96. The van der Waals surface area contributed by atoms with Gasteiger partial charge in [0.1, 0.15) is 11.5 Å². The number of carbonyl (C=O) groups is 1. The third kappa shape index (κ3) is 2.92. The second-order valence-corrected chi connectivity index (χ2v) is 4.90. The first-order valence-electron chi connectivity index (χ1n) is 6.84. The van der Waals surface area contributed by atoms with Crippen molar-refractivity contribution in [3.63, 3.8) is 0 Å². The first-order chi connectivity index (χ1) is 9.52. The highest BCUT2D eigenvalue weighted by molar-refractivity contribution is 5.76. The van der Waals surface area contributed by atoms with E-state index in [2.05, 4.69) is 9.97 Å². The predicted octanol–water partition coefficient (Wildman–Crippen LogP) is 0.729. The van der Waals surface area contributed by atoms with Crippen LogP contribution in [0.2, 0.25) is 0 Å².